The van der Waals surface area contributed by atoms with Crippen molar-refractivity contribution < 1.29 is 9.47 Å². The lowest BCUT2D eigenvalue weighted by molar-refractivity contribution is 0.355. The topological polar surface area (TPSA) is 102 Å². The first-order valence-corrected chi connectivity index (χ1v) is 10.4. The summed E-state index contributed by atoms with van der Waals surface area (Å²) in [6, 6.07) is 8.78. The Balaban J connectivity index is 1.98. The third kappa shape index (κ3) is 6.54. The number of nitrogens with one attached hydrogen (secondary N) is 1. The van der Waals surface area contributed by atoms with Crippen molar-refractivity contribution in [1.29, 1.82) is 5.26 Å². The fourth-order valence-electron chi connectivity index (χ4n) is 2.69. The van der Waals surface area contributed by atoms with E-state index in [-0.39, 0.29) is 5.56 Å². The van der Waals surface area contributed by atoms with Gasteiger partial charge in [-0.25, -0.2) is 4.68 Å². The molecule has 0 saturated carbocycles. The van der Waals surface area contributed by atoms with Crippen LogP contribution in [0.15, 0.2) is 40.1 Å². The van der Waals surface area contributed by atoms with Crippen molar-refractivity contribution >= 4 is 16.9 Å². The molecular weight excluding hydrogens is 390 g/mol. The first-order valence-electron chi connectivity index (χ1n) is 9.17. The Labute approximate surface area is 174 Å². The number of hydrogen-bond donors (Lipinski definition) is 1. The van der Waals surface area contributed by atoms with Crippen LogP contribution in [0.5, 0.6) is 11.5 Å². The van der Waals surface area contributed by atoms with Crippen molar-refractivity contribution in [2.75, 3.05) is 27.0 Å². The van der Waals surface area contributed by atoms with Crippen LogP contribution in [0.4, 0.5) is 0 Å². The summed E-state index contributed by atoms with van der Waals surface area (Å²) < 4.78 is 12.1. The third-order valence-electron chi connectivity index (χ3n) is 4.19. The van der Waals surface area contributed by atoms with Gasteiger partial charge in [0.15, 0.2) is 22.9 Å². The summed E-state index contributed by atoms with van der Waals surface area (Å²) in [4.78, 5) is 16.5. The number of thioether (sulfide) groups is 1. The second-order valence-corrected chi connectivity index (χ2v) is 6.83. The fraction of sp³-hybridized carbons (Fsp3) is 0.400. The van der Waals surface area contributed by atoms with E-state index in [9.17, 15) is 4.79 Å². The molecule has 2 aromatic rings. The first kappa shape index (κ1) is 22.3. The van der Waals surface area contributed by atoms with Gasteiger partial charge in [-0.3, -0.25) is 15.1 Å². The van der Waals surface area contributed by atoms with E-state index in [1.165, 1.54) is 22.5 Å². The second-order valence-electron chi connectivity index (χ2n) is 6.04. The molecule has 2 rings (SSSR count). The molecule has 0 radical (unpaired) electrons. The van der Waals surface area contributed by atoms with Crippen molar-refractivity contribution in [2.24, 2.45) is 4.99 Å². The molecule has 154 valence electrons. The van der Waals surface area contributed by atoms with Crippen molar-refractivity contribution in [3.8, 4) is 28.9 Å². The van der Waals surface area contributed by atoms with E-state index in [2.05, 4.69) is 15.4 Å². The molecule has 9 heteroatoms. The van der Waals surface area contributed by atoms with Crippen LogP contribution in [0.25, 0.3) is 11.3 Å². The Hall–Kier alpha value is -2.99. The molecule has 0 fully saturated rings. The summed E-state index contributed by atoms with van der Waals surface area (Å²) in [6.07, 6.45) is 6.34. The lowest BCUT2D eigenvalue weighted by Crippen LogP contribution is -2.22. The van der Waals surface area contributed by atoms with Crippen molar-refractivity contribution in [2.45, 2.75) is 25.8 Å². The van der Waals surface area contributed by atoms with Crippen LogP contribution in [-0.2, 0) is 6.54 Å². The maximum atomic E-state index is 12.1. The number of hydrogen-bond acceptors (Lipinski definition) is 7. The molecule has 1 aromatic heterocycles. The average molecular weight is 416 g/mol. The number of aliphatic imine (C=N–C) groups is 1. The number of rotatable bonds is 9. The van der Waals surface area contributed by atoms with Crippen LogP contribution >= 0.6 is 11.8 Å². The van der Waals surface area contributed by atoms with E-state index in [1.807, 2.05) is 30.6 Å². The lowest BCUT2D eigenvalue weighted by Gasteiger charge is -2.10. The summed E-state index contributed by atoms with van der Waals surface area (Å²) >= 11 is 1.41. The number of nitriles is 1. The van der Waals surface area contributed by atoms with Gasteiger partial charge in [-0.2, -0.15) is 10.4 Å². The van der Waals surface area contributed by atoms with Crippen molar-refractivity contribution in [3.05, 3.63) is 40.7 Å². The van der Waals surface area contributed by atoms with E-state index in [1.54, 1.807) is 20.3 Å². The molecule has 0 atom stereocenters. The Morgan fingerprint density at radius 3 is 2.69 bits per heavy atom. The zero-order valence-corrected chi connectivity index (χ0v) is 17.7. The van der Waals surface area contributed by atoms with E-state index >= 15 is 0 Å². The van der Waals surface area contributed by atoms with Gasteiger partial charge in [0.1, 0.15) is 0 Å². The zero-order valence-electron chi connectivity index (χ0n) is 16.8. The number of methoxy groups -OCH3 is 2. The second kappa shape index (κ2) is 11.8. The average Bonchev–Trinajstić information content (AvgIpc) is 2.75. The molecule has 0 aliphatic heterocycles. The predicted molar refractivity (Wildman–Crippen MR) is 115 cm³/mol. The molecule has 0 spiro atoms. The summed E-state index contributed by atoms with van der Waals surface area (Å²) in [6.45, 7) is 1.17. The van der Waals surface area contributed by atoms with E-state index in [0.29, 0.717) is 35.5 Å². The van der Waals surface area contributed by atoms with Gasteiger partial charge in [0.25, 0.3) is 5.56 Å². The molecule has 29 heavy (non-hydrogen) atoms. The number of aromatic nitrogens is 2. The largest absolute Gasteiger partial charge is 0.493 e. The molecule has 1 heterocycles. The molecule has 0 saturated heterocycles. The van der Waals surface area contributed by atoms with Gasteiger partial charge in [-0.1, -0.05) is 11.8 Å². The van der Waals surface area contributed by atoms with Gasteiger partial charge < -0.3 is 9.47 Å². The number of amidine groups is 1. The monoisotopic (exact) mass is 415 g/mol. The van der Waals surface area contributed by atoms with Gasteiger partial charge in [0.05, 0.1) is 19.9 Å². The lowest BCUT2D eigenvalue weighted by atomic mass is 10.1. The fourth-order valence-corrected chi connectivity index (χ4v) is 3.06. The van der Waals surface area contributed by atoms with Crippen LogP contribution < -0.4 is 20.3 Å². The summed E-state index contributed by atoms with van der Waals surface area (Å²) in [7, 11) is 3.17. The maximum Gasteiger partial charge on any atom is 0.266 e. The number of unbranched alkanes of at least 4 members (excludes halogenated alkanes) is 2. The Kier molecular flexibility index (Phi) is 9.05. The molecule has 0 amide bonds. The maximum absolute atomic E-state index is 12.1. The molecular formula is C20H25N5O3S. The van der Waals surface area contributed by atoms with Gasteiger partial charge in [0.2, 0.25) is 0 Å². The van der Waals surface area contributed by atoms with Crippen LogP contribution in [0.3, 0.4) is 0 Å². The minimum atomic E-state index is -0.130. The van der Waals surface area contributed by atoms with Crippen LogP contribution in [0.2, 0.25) is 0 Å². The van der Waals surface area contributed by atoms with Crippen LogP contribution in [0.1, 0.15) is 19.3 Å². The standard InChI is InChI=1S/C20H25N5O3S/c1-27-17-9-7-15(13-18(17)28-2)16-8-10-19(26)25(24-16)12-6-4-5-11-22-20(29-3)23-14-21/h7-10,13H,4-6,11-12H2,1-3H3,(H,22,23). The Morgan fingerprint density at radius 1 is 1.21 bits per heavy atom. The molecule has 1 N–H and O–H groups in total. The molecule has 0 aliphatic rings. The highest BCUT2D eigenvalue weighted by Crippen LogP contribution is 2.31. The quantitative estimate of drug-likeness (QED) is 0.221. The van der Waals surface area contributed by atoms with Crippen molar-refractivity contribution in [1.82, 2.24) is 15.1 Å². The SMILES string of the molecule is COc1ccc(-c2ccc(=O)n(CCCCCN=C(NC#N)SC)n2)cc1OC. The van der Waals surface area contributed by atoms with Crippen molar-refractivity contribution in [3.63, 3.8) is 0 Å². The van der Waals surface area contributed by atoms with E-state index in [4.69, 9.17) is 14.7 Å². The minimum absolute atomic E-state index is 0.130. The zero-order chi connectivity index (χ0) is 21.1. The molecule has 0 unspecified atom stereocenters. The molecule has 1 aromatic carbocycles. The summed E-state index contributed by atoms with van der Waals surface area (Å²) in [5.74, 6) is 1.25. The van der Waals surface area contributed by atoms with Crippen LogP contribution in [-0.4, -0.2) is 42.0 Å². The van der Waals surface area contributed by atoms with Crippen LogP contribution in [0, 0.1) is 11.5 Å². The number of aryl methyl sites for hydroxylation is 1. The number of nitrogens with zero attached hydrogens (tertiary/aromatic N) is 4. The highest BCUT2D eigenvalue weighted by Gasteiger charge is 2.09. The van der Waals surface area contributed by atoms with Gasteiger partial charge in [0, 0.05) is 24.7 Å². The Bertz CT molecular complexity index is 936. The van der Waals surface area contributed by atoms with Gasteiger partial charge in [-0.15, -0.1) is 0 Å². The minimum Gasteiger partial charge on any atom is -0.493 e. The van der Waals surface area contributed by atoms with E-state index < -0.39 is 0 Å². The molecule has 8 nitrogen and oxygen atoms in total. The smallest absolute Gasteiger partial charge is 0.266 e. The number of ether oxygens (including phenoxy) is 2. The highest BCUT2D eigenvalue weighted by atomic mass is 32.2. The van der Waals surface area contributed by atoms with E-state index in [0.717, 1.165) is 24.8 Å². The first-order chi connectivity index (χ1) is 14.1. The molecule has 0 aliphatic carbocycles. The van der Waals surface area contributed by atoms with Gasteiger partial charge in [-0.05, 0) is 49.8 Å². The summed E-state index contributed by atoms with van der Waals surface area (Å²) in [5, 5.41) is 16.3. The molecule has 0 bridgehead atoms. The van der Waals surface area contributed by atoms with Gasteiger partial charge >= 0.3 is 0 Å². The normalized spacial score (nSPS) is 11.0. The third-order valence-corrected chi connectivity index (χ3v) is 4.80. The number of benzene rings is 1. The summed E-state index contributed by atoms with van der Waals surface area (Å²) in [5.41, 5.74) is 1.41. The Morgan fingerprint density at radius 2 is 2.00 bits per heavy atom. The predicted octanol–water partition coefficient (Wildman–Crippen LogP) is 2.89. The highest BCUT2D eigenvalue weighted by molar-refractivity contribution is 8.13.